The lowest BCUT2D eigenvalue weighted by Gasteiger charge is -2.32. The molecule has 4 nitrogen and oxygen atoms in total. The lowest BCUT2D eigenvalue weighted by Crippen LogP contribution is -2.52. The maximum Gasteiger partial charge on any atom is 0.243 e. The van der Waals surface area contributed by atoms with Crippen LogP contribution in [0.4, 0.5) is 0 Å². The van der Waals surface area contributed by atoms with Gasteiger partial charge in [-0.2, -0.15) is 0 Å². The molecule has 0 fully saturated rings. The number of aryl methyl sites for hydroxylation is 1. The number of amides is 2. The van der Waals surface area contributed by atoms with Gasteiger partial charge in [0.1, 0.15) is 6.04 Å². The Morgan fingerprint density at radius 2 is 1.55 bits per heavy atom. The quantitative estimate of drug-likeness (QED) is 0.418. The number of hydrogen-bond acceptors (Lipinski definition) is 2. The van der Waals surface area contributed by atoms with Gasteiger partial charge in [0.05, 0.1) is 6.42 Å². The summed E-state index contributed by atoms with van der Waals surface area (Å²) in [5, 5.41) is 3.03. The van der Waals surface area contributed by atoms with E-state index in [1.165, 1.54) is 0 Å². The van der Waals surface area contributed by atoms with Gasteiger partial charge in [-0.25, -0.2) is 0 Å². The number of halogens is 1. The van der Waals surface area contributed by atoms with Crippen molar-refractivity contribution >= 4 is 27.7 Å². The van der Waals surface area contributed by atoms with Crippen LogP contribution in [0.3, 0.4) is 0 Å². The Morgan fingerprint density at radius 3 is 2.21 bits per heavy atom. The van der Waals surface area contributed by atoms with Crippen LogP contribution in [0.5, 0.6) is 0 Å². The van der Waals surface area contributed by atoms with Crippen LogP contribution in [0.1, 0.15) is 36.1 Å². The van der Waals surface area contributed by atoms with E-state index in [2.05, 4.69) is 21.2 Å². The van der Waals surface area contributed by atoms with E-state index in [0.29, 0.717) is 13.0 Å². The topological polar surface area (TPSA) is 49.4 Å². The molecule has 3 aromatic rings. The minimum Gasteiger partial charge on any atom is -0.352 e. The molecule has 0 bridgehead atoms. The van der Waals surface area contributed by atoms with Crippen LogP contribution < -0.4 is 5.32 Å². The maximum atomic E-state index is 13.7. The first kappa shape index (κ1) is 24.7. The van der Waals surface area contributed by atoms with Crippen molar-refractivity contribution in [2.45, 2.75) is 52.2 Å². The number of nitrogens with zero attached hydrogens (tertiary/aromatic N) is 1. The highest BCUT2D eigenvalue weighted by Gasteiger charge is 2.30. The van der Waals surface area contributed by atoms with Crippen molar-refractivity contribution < 1.29 is 9.59 Å². The Labute approximate surface area is 205 Å². The lowest BCUT2D eigenvalue weighted by molar-refractivity contribution is -0.141. The molecule has 0 unspecified atom stereocenters. The maximum absolute atomic E-state index is 13.7. The molecule has 1 atom stereocenters. The SMILES string of the molecule is Cc1cccc(CC(=O)N(Cc2cccc(Br)c2)[C@@H](Cc2ccccc2)C(=O)NC(C)C)c1. The Morgan fingerprint density at radius 1 is 0.879 bits per heavy atom. The molecule has 0 heterocycles. The second kappa shape index (κ2) is 11.8. The summed E-state index contributed by atoms with van der Waals surface area (Å²) in [5.41, 5.74) is 4.04. The van der Waals surface area contributed by atoms with E-state index < -0.39 is 6.04 Å². The number of benzene rings is 3. The van der Waals surface area contributed by atoms with Gasteiger partial charge in [-0.15, -0.1) is 0 Å². The van der Waals surface area contributed by atoms with Crippen molar-refractivity contribution in [2.24, 2.45) is 0 Å². The summed E-state index contributed by atoms with van der Waals surface area (Å²) in [6.07, 6.45) is 0.697. The van der Waals surface area contributed by atoms with E-state index in [0.717, 1.165) is 26.7 Å². The number of carbonyl (C=O) groups excluding carboxylic acids is 2. The lowest BCUT2D eigenvalue weighted by atomic mass is 10.0. The van der Waals surface area contributed by atoms with Crippen molar-refractivity contribution in [2.75, 3.05) is 0 Å². The van der Waals surface area contributed by atoms with Gasteiger partial charge in [-0.3, -0.25) is 9.59 Å². The summed E-state index contributed by atoms with van der Waals surface area (Å²) in [5.74, 6) is -0.207. The Kier molecular flexibility index (Phi) is 8.84. The largest absolute Gasteiger partial charge is 0.352 e. The van der Waals surface area contributed by atoms with Crippen LogP contribution in [0.25, 0.3) is 0 Å². The van der Waals surface area contributed by atoms with Crippen LogP contribution in [0.2, 0.25) is 0 Å². The fourth-order valence-corrected chi connectivity index (χ4v) is 4.31. The normalized spacial score (nSPS) is 11.8. The average Bonchev–Trinajstić information content (AvgIpc) is 2.76. The van der Waals surface area contributed by atoms with Crippen molar-refractivity contribution in [3.8, 4) is 0 Å². The van der Waals surface area contributed by atoms with E-state index in [1.54, 1.807) is 4.90 Å². The van der Waals surface area contributed by atoms with Crippen molar-refractivity contribution in [3.63, 3.8) is 0 Å². The summed E-state index contributed by atoms with van der Waals surface area (Å²) in [6.45, 7) is 6.24. The van der Waals surface area contributed by atoms with Gasteiger partial charge < -0.3 is 10.2 Å². The van der Waals surface area contributed by atoms with Gasteiger partial charge in [0, 0.05) is 23.5 Å². The zero-order chi connectivity index (χ0) is 23.8. The summed E-state index contributed by atoms with van der Waals surface area (Å²) < 4.78 is 0.942. The number of rotatable bonds is 9. The fraction of sp³-hybridized carbons (Fsp3) is 0.286. The standard InChI is InChI=1S/C28H31BrN2O2/c1-20(2)30-28(33)26(17-22-10-5-4-6-11-22)31(19-24-13-8-14-25(29)16-24)27(32)18-23-12-7-9-21(3)15-23/h4-16,20,26H,17-19H2,1-3H3,(H,30,33)/t26-/m0/s1. The Bertz CT molecular complexity index is 1080. The molecule has 0 saturated carbocycles. The van der Waals surface area contributed by atoms with Crippen LogP contribution in [0.15, 0.2) is 83.3 Å². The van der Waals surface area contributed by atoms with Gasteiger partial charge in [-0.1, -0.05) is 88.2 Å². The first-order chi connectivity index (χ1) is 15.8. The van der Waals surface area contributed by atoms with Crippen LogP contribution in [-0.4, -0.2) is 28.8 Å². The second-order valence-corrected chi connectivity index (χ2v) is 9.60. The molecule has 0 aromatic heterocycles. The van der Waals surface area contributed by atoms with Gasteiger partial charge in [0.25, 0.3) is 0 Å². The predicted molar refractivity (Wildman–Crippen MR) is 137 cm³/mol. The minimum atomic E-state index is -0.619. The molecule has 0 radical (unpaired) electrons. The molecule has 33 heavy (non-hydrogen) atoms. The highest BCUT2D eigenvalue weighted by molar-refractivity contribution is 9.10. The second-order valence-electron chi connectivity index (χ2n) is 8.69. The number of hydrogen-bond donors (Lipinski definition) is 1. The van der Waals surface area contributed by atoms with Gasteiger partial charge in [-0.05, 0) is 49.6 Å². The Balaban J connectivity index is 1.97. The molecule has 0 aliphatic rings. The molecule has 172 valence electrons. The van der Waals surface area contributed by atoms with Crippen molar-refractivity contribution in [1.29, 1.82) is 0 Å². The fourth-order valence-electron chi connectivity index (χ4n) is 3.86. The Hall–Kier alpha value is -2.92. The highest BCUT2D eigenvalue weighted by atomic mass is 79.9. The van der Waals surface area contributed by atoms with Crippen LogP contribution in [-0.2, 0) is 29.0 Å². The van der Waals surface area contributed by atoms with Crippen LogP contribution in [0, 0.1) is 6.92 Å². The third-order valence-corrected chi connectivity index (χ3v) is 5.88. The van der Waals surface area contributed by atoms with Crippen molar-refractivity contribution in [3.05, 3.63) is 106 Å². The van der Waals surface area contributed by atoms with Gasteiger partial charge in [0.2, 0.25) is 11.8 Å². The summed E-state index contributed by atoms with van der Waals surface area (Å²) >= 11 is 3.52. The molecule has 0 saturated heterocycles. The molecule has 2 amide bonds. The molecular weight excluding hydrogens is 476 g/mol. The molecule has 5 heteroatoms. The first-order valence-corrected chi connectivity index (χ1v) is 12.0. The monoisotopic (exact) mass is 506 g/mol. The zero-order valence-corrected chi connectivity index (χ0v) is 21.0. The third-order valence-electron chi connectivity index (χ3n) is 5.38. The van der Waals surface area contributed by atoms with E-state index in [-0.39, 0.29) is 24.3 Å². The molecule has 0 spiro atoms. The smallest absolute Gasteiger partial charge is 0.243 e. The summed E-state index contributed by atoms with van der Waals surface area (Å²) in [6, 6.07) is 25.1. The molecule has 3 aromatic carbocycles. The van der Waals surface area contributed by atoms with E-state index >= 15 is 0 Å². The summed E-state index contributed by atoms with van der Waals surface area (Å²) in [7, 11) is 0. The molecule has 0 aliphatic heterocycles. The number of nitrogens with one attached hydrogen (secondary N) is 1. The molecule has 3 rings (SSSR count). The van der Waals surface area contributed by atoms with Gasteiger partial charge >= 0.3 is 0 Å². The third kappa shape index (κ3) is 7.57. The van der Waals surface area contributed by atoms with Gasteiger partial charge in [0.15, 0.2) is 0 Å². The predicted octanol–water partition coefficient (Wildman–Crippen LogP) is 5.46. The van der Waals surface area contributed by atoms with Crippen molar-refractivity contribution in [1.82, 2.24) is 10.2 Å². The first-order valence-electron chi connectivity index (χ1n) is 11.3. The minimum absolute atomic E-state index is 0.0182. The zero-order valence-electron chi connectivity index (χ0n) is 19.4. The van der Waals surface area contributed by atoms with E-state index in [9.17, 15) is 9.59 Å². The van der Waals surface area contributed by atoms with E-state index in [4.69, 9.17) is 0 Å². The average molecular weight is 507 g/mol. The van der Waals surface area contributed by atoms with E-state index in [1.807, 2.05) is 99.6 Å². The molecular formula is C28H31BrN2O2. The molecule has 0 aliphatic carbocycles. The highest BCUT2D eigenvalue weighted by Crippen LogP contribution is 2.19. The molecule has 1 N–H and O–H groups in total. The van der Waals surface area contributed by atoms with Crippen LogP contribution >= 0.6 is 15.9 Å². The summed E-state index contributed by atoms with van der Waals surface area (Å²) in [4.78, 5) is 28.8. The number of carbonyl (C=O) groups is 2.